The molecular formula is C20H19ClN6O. The van der Waals surface area contributed by atoms with Gasteiger partial charge in [0.25, 0.3) is 5.91 Å². The van der Waals surface area contributed by atoms with E-state index in [4.69, 9.17) is 11.6 Å². The molecule has 1 aliphatic heterocycles. The standard InChI is InChI=1S/C20H19ClN6O/c21-16-2-4-17(5-3-16)25-19(28)15-12-18(14-22-13-15)26-8-10-27(11-9-26)20-23-6-1-7-24-20/h1-7,12-14H,8-11H2,(H,25,28). The summed E-state index contributed by atoms with van der Waals surface area (Å²) >= 11 is 5.88. The first-order valence-electron chi connectivity index (χ1n) is 8.98. The molecule has 0 unspecified atom stereocenters. The van der Waals surface area contributed by atoms with Crippen molar-refractivity contribution in [3.63, 3.8) is 0 Å². The summed E-state index contributed by atoms with van der Waals surface area (Å²) in [5.41, 5.74) is 2.13. The Kier molecular flexibility index (Phi) is 5.34. The minimum absolute atomic E-state index is 0.201. The minimum Gasteiger partial charge on any atom is -0.367 e. The van der Waals surface area contributed by atoms with E-state index in [1.165, 1.54) is 0 Å². The number of pyridine rings is 1. The van der Waals surface area contributed by atoms with Crippen molar-refractivity contribution in [2.24, 2.45) is 0 Å². The van der Waals surface area contributed by atoms with Crippen molar-refractivity contribution in [2.75, 3.05) is 41.3 Å². The van der Waals surface area contributed by atoms with Crippen molar-refractivity contribution >= 4 is 34.8 Å². The molecule has 1 saturated heterocycles. The SMILES string of the molecule is O=C(Nc1ccc(Cl)cc1)c1cncc(N2CCN(c3ncccn3)CC2)c1. The second-order valence-electron chi connectivity index (χ2n) is 6.42. The zero-order valence-electron chi connectivity index (χ0n) is 15.1. The number of anilines is 3. The topological polar surface area (TPSA) is 74.2 Å². The highest BCUT2D eigenvalue weighted by Crippen LogP contribution is 2.20. The number of carbonyl (C=O) groups is 1. The van der Waals surface area contributed by atoms with Gasteiger partial charge in [0.1, 0.15) is 0 Å². The van der Waals surface area contributed by atoms with Crippen LogP contribution in [0.3, 0.4) is 0 Å². The lowest BCUT2D eigenvalue weighted by molar-refractivity contribution is 0.102. The Morgan fingerprint density at radius 1 is 0.964 bits per heavy atom. The molecule has 0 saturated carbocycles. The lowest BCUT2D eigenvalue weighted by atomic mass is 10.2. The maximum absolute atomic E-state index is 12.5. The summed E-state index contributed by atoms with van der Waals surface area (Å²) in [6.07, 6.45) is 6.86. The van der Waals surface area contributed by atoms with Crippen LogP contribution in [0.2, 0.25) is 5.02 Å². The monoisotopic (exact) mass is 394 g/mol. The molecule has 142 valence electrons. The van der Waals surface area contributed by atoms with Gasteiger partial charge < -0.3 is 15.1 Å². The Morgan fingerprint density at radius 3 is 2.36 bits per heavy atom. The third-order valence-electron chi connectivity index (χ3n) is 4.57. The summed E-state index contributed by atoms with van der Waals surface area (Å²) in [5.74, 6) is 0.546. The van der Waals surface area contributed by atoms with Crippen LogP contribution in [0.1, 0.15) is 10.4 Å². The molecule has 2 aromatic heterocycles. The van der Waals surface area contributed by atoms with Gasteiger partial charge in [0.15, 0.2) is 0 Å². The normalized spacial score (nSPS) is 14.0. The zero-order valence-corrected chi connectivity index (χ0v) is 15.9. The summed E-state index contributed by atoms with van der Waals surface area (Å²) in [6, 6.07) is 10.7. The number of rotatable bonds is 4. The van der Waals surface area contributed by atoms with Crippen molar-refractivity contribution in [1.82, 2.24) is 15.0 Å². The molecule has 8 heteroatoms. The van der Waals surface area contributed by atoms with Gasteiger partial charge in [0.2, 0.25) is 5.95 Å². The van der Waals surface area contributed by atoms with Crippen molar-refractivity contribution in [1.29, 1.82) is 0 Å². The van der Waals surface area contributed by atoms with E-state index in [-0.39, 0.29) is 5.91 Å². The van der Waals surface area contributed by atoms with Gasteiger partial charge in [-0.15, -0.1) is 0 Å². The van der Waals surface area contributed by atoms with Gasteiger partial charge in [-0.25, -0.2) is 9.97 Å². The van der Waals surface area contributed by atoms with Crippen LogP contribution in [0.25, 0.3) is 0 Å². The molecule has 0 spiro atoms. The molecule has 28 heavy (non-hydrogen) atoms. The van der Waals surface area contributed by atoms with Crippen LogP contribution >= 0.6 is 11.6 Å². The Morgan fingerprint density at radius 2 is 1.64 bits per heavy atom. The molecule has 1 amide bonds. The van der Waals surface area contributed by atoms with E-state index in [1.54, 1.807) is 49.1 Å². The van der Waals surface area contributed by atoms with Crippen LogP contribution in [-0.4, -0.2) is 47.0 Å². The maximum atomic E-state index is 12.5. The Labute approximate surface area is 168 Å². The summed E-state index contributed by atoms with van der Waals surface area (Å²) in [5, 5.41) is 3.49. The highest BCUT2D eigenvalue weighted by atomic mass is 35.5. The molecule has 0 atom stereocenters. The molecule has 4 rings (SSSR count). The number of amides is 1. The van der Waals surface area contributed by atoms with Gasteiger partial charge in [-0.1, -0.05) is 11.6 Å². The van der Waals surface area contributed by atoms with Gasteiger partial charge in [0.05, 0.1) is 17.4 Å². The van der Waals surface area contributed by atoms with Crippen LogP contribution in [-0.2, 0) is 0 Å². The quantitative estimate of drug-likeness (QED) is 0.733. The van der Waals surface area contributed by atoms with Gasteiger partial charge >= 0.3 is 0 Å². The molecule has 7 nitrogen and oxygen atoms in total. The van der Waals surface area contributed by atoms with E-state index in [2.05, 4.69) is 30.1 Å². The largest absolute Gasteiger partial charge is 0.367 e. The first-order valence-corrected chi connectivity index (χ1v) is 9.36. The lowest BCUT2D eigenvalue weighted by Gasteiger charge is -2.35. The average Bonchev–Trinajstić information content (AvgIpc) is 2.76. The fraction of sp³-hybridized carbons (Fsp3) is 0.200. The number of halogens is 1. The number of nitrogens with zero attached hydrogens (tertiary/aromatic N) is 5. The lowest BCUT2D eigenvalue weighted by Crippen LogP contribution is -2.47. The molecule has 0 aliphatic carbocycles. The van der Waals surface area contributed by atoms with Crippen LogP contribution in [0.4, 0.5) is 17.3 Å². The predicted molar refractivity (Wildman–Crippen MR) is 110 cm³/mol. The molecule has 3 aromatic rings. The third-order valence-corrected chi connectivity index (χ3v) is 4.82. The van der Waals surface area contributed by atoms with E-state index in [0.29, 0.717) is 16.3 Å². The van der Waals surface area contributed by atoms with Crippen LogP contribution < -0.4 is 15.1 Å². The molecule has 0 radical (unpaired) electrons. The predicted octanol–water partition coefficient (Wildman–Crippen LogP) is 3.10. The van der Waals surface area contributed by atoms with Crippen molar-refractivity contribution in [3.8, 4) is 0 Å². The number of hydrogen-bond acceptors (Lipinski definition) is 6. The molecule has 0 bridgehead atoms. The van der Waals surface area contributed by atoms with Crippen molar-refractivity contribution < 1.29 is 4.79 Å². The number of hydrogen-bond donors (Lipinski definition) is 1. The van der Waals surface area contributed by atoms with E-state index >= 15 is 0 Å². The number of piperazine rings is 1. The summed E-state index contributed by atoms with van der Waals surface area (Å²) in [6.45, 7) is 3.24. The summed E-state index contributed by atoms with van der Waals surface area (Å²) in [4.78, 5) is 29.8. The van der Waals surface area contributed by atoms with Gasteiger partial charge in [0, 0.05) is 55.5 Å². The summed E-state index contributed by atoms with van der Waals surface area (Å²) < 4.78 is 0. The van der Waals surface area contributed by atoms with E-state index < -0.39 is 0 Å². The number of aromatic nitrogens is 3. The van der Waals surface area contributed by atoms with Gasteiger partial charge in [-0.2, -0.15) is 0 Å². The third kappa shape index (κ3) is 4.20. The Balaban J connectivity index is 1.41. The Bertz CT molecular complexity index is 942. The second-order valence-corrected chi connectivity index (χ2v) is 6.85. The Hall–Kier alpha value is -3.19. The second kappa shape index (κ2) is 8.22. The van der Waals surface area contributed by atoms with Crippen molar-refractivity contribution in [3.05, 3.63) is 71.8 Å². The fourth-order valence-corrected chi connectivity index (χ4v) is 3.21. The molecule has 1 aliphatic rings. The molecular weight excluding hydrogens is 376 g/mol. The number of nitrogens with one attached hydrogen (secondary N) is 1. The summed E-state index contributed by atoms with van der Waals surface area (Å²) in [7, 11) is 0. The first kappa shape index (κ1) is 18.2. The molecule has 1 fully saturated rings. The average molecular weight is 395 g/mol. The molecule has 1 N–H and O–H groups in total. The van der Waals surface area contributed by atoms with Gasteiger partial charge in [-0.05, 0) is 36.4 Å². The zero-order chi connectivity index (χ0) is 19.3. The minimum atomic E-state index is -0.201. The van der Waals surface area contributed by atoms with Gasteiger partial charge in [-0.3, -0.25) is 9.78 Å². The van der Waals surface area contributed by atoms with E-state index in [1.807, 2.05) is 12.1 Å². The van der Waals surface area contributed by atoms with Crippen molar-refractivity contribution in [2.45, 2.75) is 0 Å². The van der Waals surface area contributed by atoms with Crippen LogP contribution in [0, 0.1) is 0 Å². The number of carbonyl (C=O) groups excluding carboxylic acids is 1. The van der Waals surface area contributed by atoms with Crippen LogP contribution in [0.15, 0.2) is 61.2 Å². The smallest absolute Gasteiger partial charge is 0.257 e. The number of benzene rings is 1. The first-order chi connectivity index (χ1) is 13.7. The maximum Gasteiger partial charge on any atom is 0.257 e. The molecule has 1 aromatic carbocycles. The highest BCUT2D eigenvalue weighted by Gasteiger charge is 2.20. The fourth-order valence-electron chi connectivity index (χ4n) is 3.08. The van der Waals surface area contributed by atoms with E-state index in [9.17, 15) is 4.79 Å². The van der Waals surface area contributed by atoms with Crippen LogP contribution in [0.5, 0.6) is 0 Å². The molecule has 3 heterocycles. The highest BCUT2D eigenvalue weighted by molar-refractivity contribution is 6.30. The van der Waals surface area contributed by atoms with E-state index in [0.717, 1.165) is 37.8 Å².